The molecule has 1 rings (SSSR count). The minimum absolute atomic E-state index is 0.216. The molecule has 0 radical (unpaired) electrons. The standard InChI is InChI=1S/C11H11ClO4/c12-9-3-1-2-7(4-9)8(5-10(13)14)6-11(15)16/h1-4,8H,5-6H2,(H,13,14)(H,15,16). The highest BCUT2D eigenvalue weighted by Crippen LogP contribution is 2.25. The summed E-state index contributed by atoms with van der Waals surface area (Å²) in [6.45, 7) is 0. The van der Waals surface area contributed by atoms with Gasteiger partial charge in [-0.2, -0.15) is 0 Å². The Hall–Kier alpha value is -1.55. The minimum atomic E-state index is -1.02. The van der Waals surface area contributed by atoms with Gasteiger partial charge in [-0.15, -0.1) is 0 Å². The lowest BCUT2D eigenvalue weighted by Gasteiger charge is -2.12. The molecule has 4 nitrogen and oxygen atoms in total. The Morgan fingerprint density at radius 3 is 2.19 bits per heavy atom. The van der Waals surface area contributed by atoms with Gasteiger partial charge in [-0.25, -0.2) is 0 Å². The van der Waals surface area contributed by atoms with Gasteiger partial charge in [0.05, 0.1) is 12.8 Å². The van der Waals surface area contributed by atoms with Crippen LogP contribution in [-0.4, -0.2) is 22.2 Å². The predicted octanol–water partition coefficient (Wildman–Crippen LogP) is 2.37. The molecule has 0 aliphatic carbocycles. The molecule has 0 fully saturated rings. The summed E-state index contributed by atoms with van der Waals surface area (Å²) >= 11 is 5.77. The Labute approximate surface area is 97.5 Å². The lowest BCUT2D eigenvalue weighted by atomic mass is 9.93. The molecule has 16 heavy (non-hydrogen) atoms. The maximum absolute atomic E-state index is 10.6. The number of carboxylic acids is 2. The van der Waals surface area contributed by atoms with Crippen molar-refractivity contribution in [2.45, 2.75) is 18.8 Å². The van der Waals surface area contributed by atoms with Crippen LogP contribution < -0.4 is 0 Å². The lowest BCUT2D eigenvalue weighted by molar-refractivity contribution is -0.139. The van der Waals surface area contributed by atoms with E-state index in [-0.39, 0.29) is 12.8 Å². The summed E-state index contributed by atoms with van der Waals surface area (Å²) in [6, 6.07) is 6.61. The lowest BCUT2D eigenvalue weighted by Crippen LogP contribution is -2.11. The molecule has 0 aliphatic heterocycles. The van der Waals surface area contributed by atoms with E-state index in [1.54, 1.807) is 24.3 Å². The van der Waals surface area contributed by atoms with Gasteiger partial charge in [-0.3, -0.25) is 9.59 Å². The maximum atomic E-state index is 10.6. The van der Waals surface area contributed by atoms with Gasteiger partial charge in [-0.05, 0) is 17.7 Å². The van der Waals surface area contributed by atoms with Crippen molar-refractivity contribution in [2.75, 3.05) is 0 Å². The fraction of sp³-hybridized carbons (Fsp3) is 0.273. The van der Waals surface area contributed by atoms with Crippen LogP contribution in [-0.2, 0) is 9.59 Å². The molecule has 0 bridgehead atoms. The zero-order valence-corrected chi connectivity index (χ0v) is 9.15. The smallest absolute Gasteiger partial charge is 0.303 e. The van der Waals surface area contributed by atoms with Crippen molar-refractivity contribution in [1.82, 2.24) is 0 Å². The van der Waals surface area contributed by atoms with Gasteiger partial charge >= 0.3 is 11.9 Å². The summed E-state index contributed by atoms with van der Waals surface area (Å²) in [6.07, 6.45) is -0.431. The van der Waals surface area contributed by atoms with Crippen molar-refractivity contribution in [3.63, 3.8) is 0 Å². The van der Waals surface area contributed by atoms with Crippen LogP contribution >= 0.6 is 11.6 Å². The fourth-order valence-corrected chi connectivity index (χ4v) is 1.69. The average Bonchev–Trinajstić information content (AvgIpc) is 2.15. The molecular weight excluding hydrogens is 232 g/mol. The Morgan fingerprint density at radius 1 is 1.19 bits per heavy atom. The molecule has 0 aromatic heterocycles. The van der Waals surface area contributed by atoms with Crippen molar-refractivity contribution in [3.05, 3.63) is 34.9 Å². The van der Waals surface area contributed by atoms with Gasteiger partial charge in [0.15, 0.2) is 0 Å². The first-order valence-electron chi connectivity index (χ1n) is 4.68. The van der Waals surface area contributed by atoms with Crippen molar-refractivity contribution in [2.24, 2.45) is 0 Å². The number of hydrogen-bond acceptors (Lipinski definition) is 2. The summed E-state index contributed by atoms with van der Waals surface area (Å²) < 4.78 is 0. The number of benzene rings is 1. The summed E-state index contributed by atoms with van der Waals surface area (Å²) in [5, 5.41) is 17.9. The first kappa shape index (κ1) is 12.5. The Morgan fingerprint density at radius 2 is 1.75 bits per heavy atom. The van der Waals surface area contributed by atoms with Crippen LogP contribution in [0.4, 0.5) is 0 Å². The molecular formula is C11H11ClO4. The number of carboxylic acid groups (broad SMARTS) is 2. The third-order valence-electron chi connectivity index (χ3n) is 2.16. The van der Waals surface area contributed by atoms with E-state index >= 15 is 0 Å². The largest absolute Gasteiger partial charge is 0.481 e. The molecule has 86 valence electrons. The molecule has 5 heteroatoms. The molecule has 0 amide bonds. The van der Waals surface area contributed by atoms with Crippen LogP contribution in [0.5, 0.6) is 0 Å². The van der Waals surface area contributed by atoms with E-state index in [4.69, 9.17) is 21.8 Å². The Kier molecular flexibility index (Phi) is 4.31. The second-order valence-electron chi connectivity index (χ2n) is 3.45. The highest BCUT2D eigenvalue weighted by atomic mass is 35.5. The Balaban J connectivity index is 2.90. The zero-order chi connectivity index (χ0) is 12.1. The van der Waals surface area contributed by atoms with E-state index in [1.165, 1.54) is 0 Å². The number of carbonyl (C=O) groups is 2. The summed E-state index contributed by atoms with van der Waals surface area (Å²) in [7, 11) is 0. The van der Waals surface area contributed by atoms with Crippen LogP contribution in [0.1, 0.15) is 24.3 Å². The molecule has 2 N–H and O–H groups in total. The minimum Gasteiger partial charge on any atom is -0.481 e. The normalized spacial score (nSPS) is 10.4. The van der Waals surface area contributed by atoms with Gasteiger partial charge in [0.1, 0.15) is 0 Å². The van der Waals surface area contributed by atoms with Gasteiger partial charge in [0.2, 0.25) is 0 Å². The highest BCUT2D eigenvalue weighted by molar-refractivity contribution is 6.30. The molecule has 0 saturated carbocycles. The van der Waals surface area contributed by atoms with E-state index in [2.05, 4.69) is 0 Å². The number of rotatable bonds is 5. The van der Waals surface area contributed by atoms with E-state index in [0.29, 0.717) is 10.6 Å². The van der Waals surface area contributed by atoms with Crippen LogP contribution in [0.25, 0.3) is 0 Å². The van der Waals surface area contributed by atoms with Crippen LogP contribution in [0.2, 0.25) is 5.02 Å². The number of aliphatic carboxylic acids is 2. The molecule has 0 unspecified atom stereocenters. The molecule has 0 spiro atoms. The average molecular weight is 243 g/mol. The first-order chi connectivity index (χ1) is 7.49. The second-order valence-corrected chi connectivity index (χ2v) is 3.88. The SMILES string of the molecule is O=C(O)CC(CC(=O)O)c1cccc(Cl)c1. The molecule has 0 atom stereocenters. The van der Waals surface area contributed by atoms with Crippen molar-refractivity contribution in [1.29, 1.82) is 0 Å². The molecule has 1 aromatic carbocycles. The van der Waals surface area contributed by atoms with Crippen LogP contribution in [0, 0.1) is 0 Å². The third-order valence-corrected chi connectivity index (χ3v) is 2.40. The quantitative estimate of drug-likeness (QED) is 0.831. The van der Waals surface area contributed by atoms with Crippen molar-refractivity contribution < 1.29 is 19.8 Å². The molecule has 0 aliphatic rings. The summed E-state index contributed by atoms with van der Waals surface area (Å²) in [5.41, 5.74) is 0.636. The monoisotopic (exact) mass is 242 g/mol. The molecule has 0 heterocycles. The van der Waals surface area contributed by atoms with E-state index in [1.807, 2.05) is 0 Å². The summed E-state index contributed by atoms with van der Waals surface area (Å²) in [5.74, 6) is -2.59. The number of hydrogen-bond donors (Lipinski definition) is 2. The number of halogens is 1. The van der Waals surface area contributed by atoms with Crippen LogP contribution in [0.3, 0.4) is 0 Å². The van der Waals surface area contributed by atoms with E-state index < -0.39 is 17.9 Å². The van der Waals surface area contributed by atoms with Gasteiger partial charge in [0.25, 0.3) is 0 Å². The highest BCUT2D eigenvalue weighted by Gasteiger charge is 2.19. The predicted molar refractivity (Wildman–Crippen MR) is 58.7 cm³/mol. The van der Waals surface area contributed by atoms with Crippen molar-refractivity contribution >= 4 is 23.5 Å². The zero-order valence-electron chi connectivity index (χ0n) is 8.39. The van der Waals surface area contributed by atoms with E-state index in [9.17, 15) is 9.59 Å². The van der Waals surface area contributed by atoms with Crippen LogP contribution in [0.15, 0.2) is 24.3 Å². The Bertz CT molecular complexity index is 387. The molecule has 1 aromatic rings. The maximum Gasteiger partial charge on any atom is 0.303 e. The van der Waals surface area contributed by atoms with Gasteiger partial charge < -0.3 is 10.2 Å². The first-order valence-corrected chi connectivity index (χ1v) is 5.06. The van der Waals surface area contributed by atoms with Crippen molar-refractivity contribution in [3.8, 4) is 0 Å². The van der Waals surface area contributed by atoms with E-state index in [0.717, 1.165) is 0 Å². The summed E-state index contributed by atoms with van der Waals surface area (Å²) in [4.78, 5) is 21.2. The second kappa shape index (κ2) is 5.51. The topological polar surface area (TPSA) is 74.6 Å². The molecule has 0 saturated heterocycles. The van der Waals surface area contributed by atoms with Gasteiger partial charge in [0, 0.05) is 10.9 Å². The third kappa shape index (κ3) is 3.90. The van der Waals surface area contributed by atoms with Gasteiger partial charge in [-0.1, -0.05) is 23.7 Å². The fourth-order valence-electron chi connectivity index (χ4n) is 1.49.